The van der Waals surface area contributed by atoms with Crippen LogP contribution < -0.4 is 0 Å². The van der Waals surface area contributed by atoms with Crippen molar-refractivity contribution in [3.63, 3.8) is 0 Å². The van der Waals surface area contributed by atoms with Crippen LogP contribution in [0.5, 0.6) is 0 Å². The first-order valence-electron chi connectivity index (χ1n) is 8.82. The van der Waals surface area contributed by atoms with Gasteiger partial charge in [0.05, 0.1) is 25.4 Å². The third-order valence-corrected chi connectivity index (χ3v) is 4.82. The summed E-state index contributed by atoms with van der Waals surface area (Å²) < 4.78 is 11.2. The van der Waals surface area contributed by atoms with Crippen molar-refractivity contribution in [3.05, 3.63) is 0 Å². The van der Waals surface area contributed by atoms with Crippen LogP contribution in [0.2, 0.25) is 0 Å². The van der Waals surface area contributed by atoms with Gasteiger partial charge in [-0.3, -0.25) is 4.90 Å². The van der Waals surface area contributed by atoms with Crippen molar-refractivity contribution in [2.75, 3.05) is 59.1 Å². The van der Waals surface area contributed by atoms with E-state index in [1.165, 1.54) is 6.42 Å². The van der Waals surface area contributed by atoms with E-state index in [4.69, 9.17) is 14.7 Å². The Balaban J connectivity index is 1.76. The summed E-state index contributed by atoms with van der Waals surface area (Å²) in [4.78, 5) is 4.96. The average molecular weight is 309 g/mol. The minimum Gasteiger partial charge on any atom is -0.379 e. The SMILES string of the molecule is CC[C@H]1C[C@@H](CN(CCC#N)CCN2CCOCC2)CCO1. The molecule has 2 saturated heterocycles. The van der Waals surface area contributed by atoms with Gasteiger partial charge in [0.1, 0.15) is 0 Å². The van der Waals surface area contributed by atoms with Crippen molar-refractivity contribution in [3.8, 4) is 6.07 Å². The zero-order chi connectivity index (χ0) is 15.6. The molecule has 0 aromatic heterocycles. The molecule has 0 radical (unpaired) electrons. The summed E-state index contributed by atoms with van der Waals surface area (Å²) in [6.07, 6.45) is 4.52. The molecule has 0 bridgehead atoms. The lowest BCUT2D eigenvalue weighted by Gasteiger charge is -2.34. The van der Waals surface area contributed by atoms with E-state index >= 15 is 0 Å². The summed E-state index contributed by atoms with van der Waals surface area (Å²) in [5.74, 6) is 0.724. The molecule has 0 amide bonds. The molecule has 126 valence electrons. The molecule has 0 aromatic rings. The highest BCUT2D eigenvalue weighted by Gasteiger charge is 2.23. The molecule has 0 N–H and O–H groups in total. The van der Waals surface area contributed by atoms with Gasteiger partial charge in [-0.1, -0.05) is 6.92 Å². The maximum atomic E-state index is 8.89. The van der Waals surface area contributed by atoms with Gasteiger partial charge in [0.15, 0.2) is 0 Å². The Morgan fingerprint density at radius 2 is 2.05 bits per heavy atom. The highest BCUT2D eigenvalue weighted by atomic mass is 16.5. The summed E-state index contributed by atoms with van der Waals surface area (Å²) >= 11 is 0. The summed E-state index contributed by atoms with van der Waals surface area (Å²) in [7, 11) is 0. The molecule has 22 heavy (non-hydrogen) atoms. The Bertz CT molecular complexity index is 339. The monoisotopic (exact) mass is 309 g/mol. The van der Waals surface area contributed by atoms with Crippen molar-refractivity contribution in [2.45, 2.75) is 38.7 Å². The minimum atomic E-state index is 0.441. The van der Waals surface area contributed by atoms with Gasteiger partial charge >= 0.3 is 0 Å². The third-order valence-electron chi connectivity index (χ3n) is 4.82. The van der Waals surface area contributed by atoms with E-state index in [1.807, 2.05) is 0 Å². The van der Waals surface area contributed by atoms with Crippen LogP contribution in [-0.2, 0) is 9.47 Å². The third kappa shape index (κ3) is 6.21. The van der Waals surface area contributed by atoms with Crippen LogP contribution in [0, 0.1) is 17.2 Å². The molecule has 2 fully saturated rings. The zero-order valence-electron chi connectivity index (χ0n) is 14.0. The molecule has 5 nitrogen and oxygen atoms in total. The van der Waals surface area contributed by atoms with Gasteiger partial charge in [0, 0.05) is 52.3 Å². The summed E-state index contributed by atoms with van der Waals surface area (Å²) in [5.41, 5.74) is 0. The van der Waals surface area contributed by atoms with Crippen LogP contribution in [0.25, 0.3) is 0 Å². The molecule has 0 spiro atoms. The topological polar surface area (TPSA) is 48.7 Å². The molecular weight excluding hydrogens is 278 g/mol. The van der Waals surface area contributed by atoms with Gasteiger partial charge in [-0.15, -0.1) is 0 Å². The van der Waals surface area contributed by atoms with Crippen molar-refractivity contribution < 1.29 is 9.47 Å². The lowest BCUT2D eigenvalue weighted by Crippen LogP contribution is -2.43. The van der Waals surface area contributed by atoms with Crippen LogP contribution in [0.3, 0.4) is 0 Å². The number of morpholine rings is 1. The van der Waals surface area contributed by atoms with Crippen LogP contribution >= 0.6 is 0 Å². The molecule has 0 aliphatic carbocycles. The number of ether oxygens (including phenoxy) is 2. The van der Waals surface area contributed by atoms with Crippen LogP contribution in [0.4, 0.5) is 0 Å². The molecule has 2 aliphatic heterocycles. The normalized spacial score (nSPS) is 27.0. The first-order chi connectivity index (χ1) is 10.8. The maximum Gasteiger partial charge on any atom is 0.0635 e. The molecule has 2 heterocycles. The van der Waals surface area contributed by atoms with Gasteiger partial charge in [0.25, 0.3) is 0 Å². The van der Waals surface area contributed by atoms with E-state index in [1.54, 1.807) is 0 Å². The molecular formula is C17H31N3O2. The first-order valence-corrected chi connectivity index (χ1v) is 8.82. The second-order valence-electron chi connectivity index (χ2n) is 6.45. The van der Waals surface area contributed by atoms with Gasteiger partial charge in [-0.05, 0) is 25.2 Å². The average Bonchev–Trinajstić information content (AvgIpc) is 2.58. The van der Waals surface area contributed by atoms with Crippen molar-refractivity contribution in [1.82, 2.24) is 9.80 Å². The van der Waals surface area contributed by atoms with E-state index in [0.717, 1.165) is 77.8 Å². The van der Waals surface area contributed by atoms with Crippen molar-refractivity contribution in [2.24, 2.45) is 5.92 Å². The fourth-order valence-corrected chi connectivity index (χ4v) is 3.38. The first kappa shape index (κ1) is 17.7. The molecule has 2 rings (SSSR count). The number of hydrogen-bond acceptors (Lipinski definition) is 5. The Morgan fingerprint density at radius 3 is 2.77 bits per heavy atom. The standard InChI is InChI=1S/C17H31N3O2/c1-2-17-14-16(4-11-22-17)15-20(6-3-5-18)8-7-19-9-12-21-13-10-19/h16-17H,2-4,6-15H2,1H3/t16-,17-/m0/s1. The lowest BCUT2D eigenvalue weighted by atomic mass is 9.93. The Hall–Kier alpha value is -0.670. The number of nitrogens with zero attached hydrogens (tertiary/aromatic N) is 3. The van der Waals surface area contributed by atoms with Crippen LogP contribution in [0.15, 0.2) is 0 Å². The minimum absolute atomic E-state index is 0.441. The van der Waals surface area contributed by atoms with E-state index in [0.29, 0.717) is 12.5 Å². The molecule has 2 atom stereocenters. The Kier molecular flexibility index (Phi) is 8.17. The summed E-state index contributed by atoms with van der Waals surface area (Å²) in [5, 5.41) is 8.89. The fourth-order valence-electron chi connectivity index (χ4n) is 3.38. The van der Waals surface area contributed by atoms with Gasteiger partial charge < -0.3 is 14.4 Å². The largest absolute Gasteiger partial charge is 0.379 e. The van der Waals surface area contributed by atoms with Crippen LogP contribution in [0.1, 0.15) is 32.6 Å². The molecule has 0 aromatic carbocycles. The molecule has 0 saturated carbocycles. The van der Waals surface area contributed by atoms with E-state index < -0.39 is 0 Å². The number of hydrogen-bond donors (Lipinski definition) is 0. The predicted octanol–water partition coefficient (Wildman–Crippen LogP) is 1.74. The Morgan fingerprint density at radius 1 is 1.23 bits per heavy atom. The second-order valence-corrected chi connectivity index (χ2v) is 6.45. The summed E-state index contributed by atoms with van der Waals surface area (Å²) in [6.45, 7) is 11.1. The number of rotatable bonds is 8. The van der Waals surface area contributed by atoms with Gasteiger partial charge in [-0.2, -0.15) is 5.26 Å². The second kappa shape index (κ2) is 10.2. The highest BCUT2D eigenvalue weighted by Crippen LogP contribution is 2.23. The predicted molar refractivity (Wildman–Crippen MR) is 86.7 cm³/mol. The van der Waals surface area contributed by atoms with Crippen molar-refractivity contribution >= 4 is 0 Å². The number of nitriles is 1. The van der Waals surface area contributed by atoms with Gasteiger partial charge in [0.2, 0.25) is 0 Å². The van der Waals surface area contributed by atoms with Crippen LogP contribution in [-0.4, -0.2) is 75.0 Å². The van der Waals surface area contributed by atoms with E-state index in [2.05, 4.69) is 22.8 Å². The zero-order valence-corrected chi connectivity index (χ0v) is 14.0. The highest BCUT2D eigenvalue weighted by molar-refractivity contribution is 4.78. The molecule has 0 unspecified atom stereocenters. The Labute approximate surface area is 135 Å². The molecule has 5 heteroatoms. The van der Waals surface area contributed by atoms with Crippen molar-refractivity contribution in [1.29, 1.82) is 5.26 Å². The summed E-state index contributed by atoms with van der Waals surface area (Å²) in [6, 6.07) is 2.29. The maximum absolute atomic E-state index is 8.89. The van der Waals surface area contributed by atoms with E-state index in [-0.39, 0.29) is 0 Å². The fraction of sp³-hybridized carbons (Fsp3) is 0.941. The van der Waals surface area contributed by atoms with Gasteiger partial charge in [-0.25, -0.2) is 0 Å². The smallest absolute Gasteiger partial charge is 0.0635 e. The van der Waals surface area contributed by atoms with E-state index in [9.17, 15) is 0 Å². The quantitative estimate of drug-likeness (QED) is 0.683. The lowest BCUT2D eigenvalue weighted by molar-refractivity contribution is -0.0190. The molecule has 2 aliphatic rings.